The van der Waals surface area contributed by atoms with E-state index in [0.717, 1.165) is 55.8 Å². The van der Waals surface area contributed by atoms with Crippen LogP contribution in [-0.2, 0) is 0 Å². The molecule has 7 aromatic carbocycles. The quantitative estimate of drug-likeness (QED) is 0.177. The first-order valence-corrected chi connectivity index (χ1v) is 17.4. The molecule has 0 aliphatic rings. The lowest BCUT2D eigenvalue weighted by Gasteiger charge is -2.11. The van der Waals surface area contributed by atoms with Crippen LogP contribution >= 0.6 is 0 Å². The summed E-state index contributed by atoms with van der Waals surface area (Å²) in [5, 5.41) is 3.55. The molecule has 0 spiro atoms. The van der Waals surface area contributed by atoms with Crippen molar-refractivity contribution in [1.29, 1.82) is 0 Å². The molecule has 0 unspecified atom stereocenters. The van der Waals surface area contributed by atoms with E-state index in [2.05, 4.69) is 162 Å². The number of nitrogens with zero attached hydrogens (tertiary/aromatic N) is 4. The maximum Gasteiger partial charge on any atom is 0.164 e. The van der Waals surface area contributed by atoms with Crippen LogP contribution < -0.4 is 0 Å². The number of rotatable bonds is 6. The highest BCUT2D eigenvalue weighted by atomic mass is 16.3. The molecule has 0 saturated heterocycles. The summed E-state index contributed by atoms with van der Waals surface area (Å²) in [6, 6.07) is 62.7. The number of furan rings is 1. The van der Waals surface area contributed by atoms with Crippen molar-refractivity contribution in [2.75, 3.05) is 0 Å². The second kappa shape index (κ2) is 12.3. The van der Waals surface area contributed by atoms with Crippen molar-refractivity contribution in [3.05, 3.63) is 182 Å². The lowest BCUT2D eigenvalue weighted by Crippen LogP contribution is -2.01. The Morgan fingerprint density at radius 2 is 0.885 bits per heavy atom. The summed E-state index contributed by atoms with van der Waals surface area (Å²) < 4.78 is 8.46. The van der Waals surface area contributed by atoms with Crippen molar-refractivity contribution < 1.29 is 4.42 Å². The van der Waals surface area contributed by atoms with Gasteiger partial charge in [0.1, 0.15) is 11.3 Å². The minimum absolute atomic E-state index is 0.604. The van der Waals surface area contributed by atoms with Crippen LogP contribution in [0.1, 0.15) is 0 Å². The number of hydrogen-bond acceptors (Lipinski definition) is 4. The van der Waals surface area contributed by atoms with Crippen LogP contribution in [0.2, 0.25) is 0 Å². The van der Waals surface area contributed by atoms with E-state index in [1.165, 1.54) is 21.8 Å². The van der Waals surface area contributed by atoms with E-state index in [-0.39, 0.29) is 0 Å². The fourth-order valence-corrected chi connectivity index (χ4v) is 7.10. The van der Waals surface area contributed by atoms with E-state index >= 15 is 0 Å². The molecule has 0 amide bonds. The van der Waals surface area contributed by atoms with Crippen LogP contribution in [0.5, 0.6) is 0 Å². The second-order valence-electron chi connectivity index (χ2n) is 12.9. The Balaban J connectivity index is 1.08. The monoisotopic (exact) mass is 666 g/mol. The van der Waals surface area contributed by atoms with Gasteiger partial charge in [0.25, 0.3) is 0 Å². The van der Waals surface area contributed by atoms with E-state index < -0.39 is 0 Å². The largest absolute Gasteiger partial charge is 0.456 e. The van der Waals surface area contributed by atoms with E-state index in [0.29, 0.717) is 17.5 Å². The van der Waals surface area contributed by atoms with Gasteiger partial charge < -0.3 is 8.98 Å². The zero-order valence-electron chi connectivity index (χ0n) is 28.0. The Hall–Kier alpha value is -7.11. The van der Waals surface area contributed by atoms with Crippen molar-refractivity contribution in [2.45, 2.75) is 0 Å². The summed E-state index contributed by atoms with van der Waals surface area (Å²) in [4.78, 5) is 15.2. The van der Waals surface area contributed by atoms with Gasteiger partial charge in [-0.05, 0) is 65.7 Å². The zero-order chi connectivity index (χ0) is 34.4. The summed E-state index contributed by atoms with van der Waals surface area (Å²) in [6.07, 6.45) is 0. The molecule has 5 nitrogen and oxygen atoms in total. The molecule has 0 bridgehead atoms. The summed E-state index contributed by atoms with van der Waals surface area (Å²) >= 11 is 0. The van der Waals surface area contributed by atoms with Crippen LogP contribution in [0.3, 0.4) is 0 Å². The highest BCUT2D eigenvalue weighted by Gasteiger charge is 2.16. The molecule has 0 aliphatic heterocycles. The molecule has 3 aromatic heterocycles. The summed E-state index contributed by atoms with van der Waals surface area (Å²) in [5.74, 6) is 2.66. The SMILES string of the molecule is c1ccc(-c2cccc(-c3nc(-c4ccc(-c5cc6ccccc6o5)cc4)nc(-c4ccc(-n5c6ccccc6c6ccccc65)cc4)n3)c2)cc1. The summed E-state index contributed by atoms with van der Waals surface area (Å²) in [5.41, 5.74) is 10.3. The van der Waals surface area contributed by atoms with Gasteiger partial charge in [-0.2, -0.15) is 0 Å². The van der Waals surface area contributed by atoms with Crippen LogP contribution in [0.4, 0.5) is 0 Å². The van der Waals surface area contributed by atoms with Crippen molar-refractivity contribution in [2.24, 2.45) is 0 Å². The average molecular weight is 667 g/mol. The molecule has 244 valence electrons. The predicted molar refractivity (Wildman–Crippen MR) is 211 cm³/mol. The Morgan fingerprint density at radius 1 is 0.365 bits per heavy atom. The van der Waals surface area contributed by atoms with Crippen molar-refractivity contribution >= 4 is 32.8 Å². The molecule has 0 aliphatic carbocycles. The van der Waals surface area contributed by atoms with Gasteiger partial charge in [-0.25, -0.2) is 15.0 Å². The minimum Gasteiger partial charge on any atom is -0.456 e. The van der Waals surface area contributed by atoms with Gasteiger partial charge in [-0.15, -0.1) is 0 Å². The summed E-state index contributed by atoms with van der Waals surface area (Å²) in [6.45, 7) is 0. The number of benzene rings is 7. The van der Waals surface area contributed by atoms with E-state index in [1.54, 1.807) is 0 Å². The van der Waals surface area contributed by atoms with Crippen molar-refractivity contribution in [3.8, 4) is 62.3 Å². The van der Waals surface area contributed by atoms with Gasteiger partial charge >= 0.3 is 0 Å². The minimum atomic E-state index is 0.604. The predicted octanol–water partition coefficient (Wildman–Crippen LogP) is 12.0. The van der Waals surface area contributed by atoms with Gasteiger partial charge in [-0.3, -0.25) is 0 Å². The zero-order valence-corrected chi connectivity index (χ0v) is 28.0. The third-order valence-corrected chi connectivity index (χ3v) is 9.68. The molecular weight excluding hydrogens is 637 g/mol. The van der Waals surface area contributed by atoms with Gasteiger partial charge in [0.05, 0.1) is 11.0 Å². The van der Waals surface area contributed by atoms with Crippen LogP contribution in [0.25, 0.3) is 95.1 Å². The third kappa shape index (κ3) is 5.24. The molecule has 0 N–H and O–H groups in total. The van der Waals surface area contributed by atoms with Gasteiger partial charge in [-0.1, -0.05) is 127 Å². The first kappa shape index (κ1) is 29.8. The van der Waals surface area contributed by atoms with Gasteiger partial charge in [0, 0.05) is 44.1 Å². The normalized spacial score (nSPS) is 11.5. The lowest BCUT2D eigenvalue weighted by molar-refractivity contribution is 0.631. The molecule has 52 heavy (non-hydrogen) atoms. The Kier molecular flexibility index (Phi) is 7.07. The smallest absolute Gasteiger partial charge is 0.164 e. The molecule has 10 rings (SSSR count). The van der Waals surface area contributed by atoms with Crippen molar-refractivity contribution in [1.82, 2.24) is 19.5 Å². The Bertz CT molecular complexity index is 2800. The average Bonchev–Trinajstić information content (AvgIpc) is 3.81. The molecule has 0 radical (unpaired) electrons. The topological polar surface area (TPSA) is 56.7 Å². The number of hydrogen-bond donors (Lipinski definition) is 0. The molecular formula is C47H30N4O. The number of fused-ring (bicyclic) bond motifs is 4. The Morgan fingerprint density at radius 3 is 1.56 bits per heavy atom. The number of para-hydroxylation sites is 3. The van der Waals surface area contributed by atoms with Gasteiger partial charge in [0.15, 0.2) is 17.5 Å². The molecule has 5 heteroatoms. The fourth-order valence-electron chi connectivity index (χ4n) is 7.10. The van der Waals surface area contributed by atoms with Crippen LogP contribution in [0.15, 0.2) is 186 Å². The first-order chi connectivity index (χ1) is 25.7. The van der Waals surface area contributed by atoms with Gasteiger partial charge in [0.2, 0.25) is 0 Å². The molecule has 3 heterocycles. The first-order valence-electron chi connectivity index (χ1n) is 17.4. The second-order valence-corrected chi connectivity index (χ2v) is 12.9. The molecule has 0 saturated carbocycles. The van der Waals surface area contributed by atoms with E-state index in [9.17, 15) is 0 Å². The molecule has 10 aromatic rings. The number of aromatic nitrogens is 4. The summed E-state index contributed by atoms with van der Waals surface area (Å²) in [7, 11) is 0. The van der Waals surface area contributed by atoms with Crippen LogP contribution in [-0.4, -0.2) is 19.5 Å². The highest BCUT2D eigenvalue weighted by Crippen LogP contribution is 2.34. The van der Waals surface area contributed by atoms with Crippen LogP contribution in [0, 0.1) is 0 Å². The Labute approximate surface area is 300 Å². The maximum atomic E-state index is 6.14. The lowest BCUT2D eigenvalue weighted by atomic mass is 10.0. The third-order valence-electron chi connectivity index (χ3n) is 9.68. The van der Waals surface area contributed by atoms with E-state index in [4.69, 9.17) is 19.4 Å². The standard InChI is InChI=1S/C47H30N4O/c1-2-11-31(12-3-1)35-14-10-15-37(29-35)47-49-45(33-23-21-32(22-24-33)44-30-36-13-4-9-20-43(36)52-44)48-46(50-47)34-25-27-38(28-26-34)51-41-18-7-5-16-39(41)40-17-6-8-19-42(40)51/h1-30H. The highest BCUT2D eigenvalue weighted by molar-refractivity contribution is 6.09. The van der Waals surface area contributed by atoms with Crippen molar-refractivity contribution in [3.63, 3.8) is 0 Å². The molecule has 0 fully saturated rings. The maximum absolute atomic E-state index is 6.14. The fraction of sp³-hybridized carbons (Fsp3) is 0. The molecule has 0 atom stereocenters. The van der Waals surface area contributed by atoms with E-state index in [1.807, 2.05) is 24.3 Å².